The molecule has 8 nitrogen and oxygen atoms in total. The number of nitrogens with two attached hydrogens (primary N) is 1. The summed E-state index contributed by atoms with van der Waals surface area (Å²) < 4.78 is 13.1. The highest BCUT2D eigenvalue weighted by Crippen LogP contribution is 2.33. The Morgan fingerprint density at radius 3 is 2.42 bits per heavy atom. The Labute approximate surface area is 190 Å². The van der Waals surface area contributed by atoms with E-state index in [1.807, 2.05) is 18.2 Å². The summed E-state index contributed by atoms with van der Waals surface area (Å²) in [5.74, 6) is 0.582. The van der Waals surface area contributed by atoms with E-state index in [0.29, 0.717) is 28.5 Å². The molecule has 0 fully saturated rings. The number of halogens is 1. The highest BCUT2D eigenvalue weighted by molar-refractivity contribution is 6.00. The minimum absolute atomic E-state index is 0.165. The second-order valence-electron chi connectivity index (χ2n) is 8.53. The van der Waals surface area contributed by atoms with E-state index in [2.05, 4.69) is 46.4 Å². The molecule has 0 atom stereocenters. The second-order valence-corrected chi connectivity index (χ2v) is 8.53. The molecule has 2 amide bonds. The summed E-state index contributed by atoms with van der Waals surface area (Å²) in [6, 6.07) is 14.2. The lowest BCUT2D eigenvalue weighted by Crippen LogP contribution is -2.19. The first-order chi connectivity index (χ1) is 15.7. The molecule has 168 valence electrons. The minimum atomic E-state index is -0.444. The van der Waals surface area contributed by atoms with Crippen LogP contribution in [0.4, 0.5) is 26.5 Å². The molecule has 0 aliphatic carbocycles. The highest BCUT2D eigenvalue weighted by atomic mass is 19.1. The van der Waals surface area contributed by atoms with Crippen LogP contribution in [0.3, 0.4) is 0 Å². The lowest BCUT2D eigenvalue weighted by molar-refractivity contribution is 0.262. The molecule has 0 saturated heterocycles. The Bertz CT molecular complexity index is 1290. The van der Waals surface area contributed by atoms with Gasteiger partial charge in [-0.3, -0.25) is 0 Å². The highest BCUT2D eigenvalue weighted by Gasteiger charge is 2.23. The molecule has 0 aliphatic rings. The van der Waals surface area contributed by atoms with Crippen LogP contribution < -0.4 is 16.4 Å². The molecule has 0 radical (unpaired) electrons. The Balaban J connectivity index is 1.65. The molecule has 9 heteroatoms. The molecule has 0 aliphatic heterocycles. The predicted molar refractivity (Wildman–Crippen MR) is 127 cm³/mol. The standard InChI is InChI=1S/C24H24FN7O/c1-24(2,3)21-31-19(20(32-21)18-11-12-27-22(26)30-18)14-5-4-6-17(13-14)29-23(33)28-16-9-7-15(25)8-10-16/h4-13H,1-3H3,(H,31,32)(H2,26,27,30)(H2,28,29,33). The fourth-order valence-electron chi connectivity index (χ4n) is 3.21. The second kappa shape index (κ2) is 8.70. The summed E-state index contributed by atoms with van der Waals surface area (Å²) in [6.45, 7) is 6.18. The van der Waals surface area contributed by atoms with Gasteiger partial charge in [0.2, 0.25) is 5.95 Å². The van der Waals surface area contributed by atoms with E-state index in [1.165, 1.54) is 24.3 Å². The maximum absolute atomic E-state index is 13.1. The Morgan fingerprint density at radius 2 is 1.73 bits per heavy atom. The number of nitrogens with zero attached hydrogens (tertiary/aromatic N) is 3. The Morgan fingerprint density at radius 1 is 1.00 bits per heavy atom. The van der Waals surface area contributed by atoms with Crippen molar-refractivity contribution in [1.29, 1.82) is 0 Å². The molecule has 0 unspecified atom stereocenters. The number of benzene rings is 2. The molecule has 2 aromatic carbocycles. The van der Waals surface area contributed by atoms with E-state index in [9.17, 15) is 9.18 Å². The number of carbonyl (C=O) groups excluding carboxylic acids is 1. The number of nitrogen functional groups attached to an aromatic ring is 1. The summed E-state index contributed by atoms with van der Waals surface area (Å²) in [7, 11) is 0. The average Bonchev–Trinajstić information content (AvgIpc) is 3.22. The van der Waals surface area contributed by atoms with Gasteiger partial charge in [-0.2, -0.15) is 0 Å². The van der Waals surface area contributed by atoms with Crippen LogP contribution >= 0.6 is 0 Å². The minimum Gasteiger partial charge on any atom is -0.368 e. The number of hydrogen-bond donors (Lipinski definition) is 4. The van der Waals surface area contributed by atoms with Crippen LogP contribution in [0.1, 0.15) is 26.6 Å². The van der Waals surface area contributed by atoms with Gasteiger partial charge in [-0.05, 0) is 42.5 Å². The molecule has 33 heavy (non-hydrogen) atoms. The van der Waals surface area contributed by atoms with Crippen molar-refractivity contribution in [2.75, 3.05) is 16.4 Å². The first-order valence-electron chi connectivity index (χ1n) is 10.3. The van der Waals surface area contributed by atoms with Crippen molar-refractivity contribution < 1.29 is 9.18 Å². The van der Waals surface area contributed by atoms with Gasteiger partial charge in [0, 0.05) is 28.6 Å². The van der Waals surface area contributed by atoms with Gasteiger partial charge in [0.15, 0.2) is 0 Å². The van der Waals surface area contributed by atoms with Gasteiger partial charge in [-0.1, -0.05) is 32.9 Å². The number of rotatable bonds is 4. The van der Waals surface area contributed by atoms with Crippen molar-refractivity contribution in [3.05, 3.63) is 72.4 Å². The third kappa shape index (κ3) is 5.15. The quantitative estimate of drug-likeness (QED) is 0.344. The third-order valence-corrected chi connectivity index (χ3v) is 4.84. The molecule has 2 heterocycles. The number of imidazole rings is 1. The smallest absolute Gasteiger partial charge is 0.323 e. The normalized spacial score (nSPS) is 11.3. The fourth-order valence-corrected chi connectivity index (χ4v) is 3.21. The average molecular weight is 446 g/mol. The molecule has 4 aromatic rings. The molecule has 2 aromatic heterocycles. The van der Waals surface area contributed by atoms with E-state index in [4.69, 9.17) is 10.7 Å². The number of H-pyrrole nitrogens is 1. The zero-order chi connectivity index (χ0) is 23.6. The largest absolute Gasteiger partial charge is 0.368 e. The van der Waals surface area contributed by atoms with Crippen LogP contribution in [-0.4, -0.2) is 26.0 Å². The number of urea groups is 1. The Kier molecular flexibility index (Phi) is 5.78. The van der Waals surface area contributed by atoms with Gasteiger partial charge in [0.05, 0.1) is 17.1 Å². The molecule has 0 spiro atoms. The van der Waals surface area contributed by atoms with E-state index < -0.39 is 6.03 Å². The van der Waals surface area contributed by atoms with Crippen molar-refractivity contribution in [3.8, 4) is 22.6 Å². The summed E-state index contributed by atoms with van der Waals surface area (Å²) >= 11 is 0. The van der Waals surface area contributed by atoms with Crippen LogP contribution in [0, 0.1) is 5.82 Å². The third-order valence-electron chi connectivity index (χ3n) is 4.84. The molecular formula is C24H24FN7O. The summed E-state index contributed by atoms with van der Waals surface area (Å²) in [6.07, 6.45) is 1.59. The number of nitrogens with one attached hydrogen (secondary N) is 3. The Hall–Kier alpha value is -4.27. The van der Waals surface area contributed by atoms with Crippen LogP contribution in [-0.2, 0) is 5.41 Å². The van der Waals surface area contributed by atoms with E-state index in [0.717, 1.165) is 11.4 Å². The monoisotopic (exact) mass is 445 g/mol. The van der Waals surface area contributed by atoms with E-state index >= 15 is 0 Å². The zero-order valence-corrected chi connectivity index (χ0v) is 18.5. The number of anilines is 3. The number of hydrogen-bond acceptors (Lipinski definition) is 5. The first-order valence-corrected chi connectivity index (χ1v) is 10.3. The van der Waals surface area contributed by atoms with Crippen molar-refractivity contribution in [3.63, 3.8) is 0 Å². The van der Waals surface area contributed by atoms with Crippen molar-refractivity contribution in [1.82, 2.24) is 19.9 Å². The lowest BCUT2D eigenvalue weighted by atomic mass is 9.96. The summed E-state index contributed by atoms with van der Waals surface area (Å²) in [5.41, 5.74) is 9.42. The van der Waals surface area contributed by atoms with E-state index in [1.54, 1.807) is 18.3 Å². The van der Waals surface area contributed by atoms with Gasteiger partial charge in [0.1, 0.15) is 11.6 Å². The molecule has 4 rings (SSSR count). The van der Waals surface area contributed by atoms with Gasteiger partial charge in [-0.25, -0.2) is 24.1 Å². The first kappa shape index (κ1) is 21.9. The van der Waals surface area contributed by atoms with Crippen molar-refractivity contribution in [2.45, 2.75) is 26.2 Å². The maximum Gasteiger partial charge on any atom is 0.323 e. The molecule has 0 saturated carbocycles. The zero-order valence-electron chi connectivity index (χ0n) is 18.5. The number of aromatic nitrogens is 4. The van der Waals surface area contributed by atoms with Crippen LogP contribution in [0.5, 0.6) is 0 Å². The number of aromatic amines is 1. The van der Waals surface area contributed by atoms with Gasteiger partial charge in [0.25, 0.3) is 0 Å². The summed E-state index contributed by atoms with van der Waals surface area (Å²) in [4.78, 5) is 28.9. The van der Waals surface area contributed by atoms with Crippen molar-refractivity contribution in [2.24, 2.45) is 0 Å². The topological polar surface area (TPSA) is 122 Å². The van der Waals surface area contributed by atoms with Crippen LogP contribution in [0.15, 0.2) is 60.8 Å². The van der Waals surface area contributed by atoms with E-state index in [-0.39, 0.29) is 17.2 Å². The predicted octanol–water partition coefficient (Wildman–Crippen LogP) is 5.20. The number of carbonyl (C=O) groups is 1. The van der Waals surface area contributed by atoms with Gasteiger partial charge in [-0.15, -0.1) is 0 Å². The molecular weight excluding hydrogens is 421 g/mol. The SMILES string of the molecule is CC(C)(C)c1nc(-c2cccc(NC(=O)Nc3ccc(F)cc3)c2)c(-c2ccnc(N)n2)[nH]1. The van der Waals surface area contributed by atoms with Crippen LogP contribution in [0.2, 0.25) is 0 Å². The maximum atomic E-state index is 13.1. The molecule has 5 N–H and O–H groups in total. The lowest BCUT2D eigenvalue weighted by Gasteiger charge is -2.14. The number of amides is 2. The van der Waals surface area contributed by atoms with Crippen molar-refractivity contribution >= 4 is 23.4 Å². The molecule has 0 bridgehead atoms. The van der Waals surface area contributed by atoms with Gasteiger partial charge < -0.3 is 21.4 Å². The van der Waals surface area contributed by atoms with Gasteiger partial charge >= 0.3 is 6.03 Å². The fraction of sp³-hybridized carbons (Fsp3) is 0.167. The summed E-state index contributed by atoms with van der Waals surface area (Å²) in [5, 5.41) is 5.47. The van der Waals surface area contributed by atoms with Crippen LogP contribution in [0.25, 0.3) is 22.6 Å².